The smallest absolute Gasteiger partial charge is 0.337 e. The predicted octanol–water partition coefficient (Wildman–Crippen LogP) is 5.73. The fraction of sp³-hybridized carbons (Fsp3) is 0.0500. The van der Waals surface area contributed by atoms with E-state index in [-0.39, 0.29) is 22.8 Å². The molecule has 0 atom stereocenters. The number of aromatic nitrogens is 3. The maximum absolute atomic E-state index is 14.0. The third-order valence-corrected chi connectivity index (χ3v) is 4.16. The summed E-state index contributed by atoms with van der Waals surface area (Å²) in [6, 6.07) is 11.9. The summed E-state index contributed by atoms with van der Waals surface area (Å²) in [5.74, 6) is -2.08. The number of fused-ring (bicyclic) bond motifs is 1. The highest BCUT2D eigenvalue weighted by molar-refractivity contribution is 5.93. The van der Waals surface area contributed by atoms with Gasteiger partial charge in [0.05, 0.1) is 22.3 Å². The summed E-state index contributed by atoms with van der Waals surface area (Å²) in [5, 5.41) is 2.07. The van der Waals surface area contributed by atoms with Crippen molar-refractivity contribution in [1.82, 2.24) is 15.0 Å². The molecule has 0 aliphatic carbocycles. The van der Waals surface area contributed by atoms with Gasteiger partial charge in [0.1, 0.15) is 23.8 Å². The van der Waals surface area contributed by atoms with Crippen LogP contribution in [0.3, 0.4) is 0 Å². The van der Waals surface area contributed by atoms with Crippen LogP contribution in [0, 0.1) is 11.6 Å². The van der Waals surface area contributed by atoms with E-state index in [0.29, 0.717) is 11.6 Å². The molecule has 0 spiro atoms. The van der Waals surface area contributed by atoms with Crippen LogP contribution >= 0.6 is 0 Å². The second-order valence-electron chi connectivity index (χ2n) is 6.09. The highest BCUT2D eigenvalue weighted by atomic mass is 19.4. The average Bonchev–Trinajstić information content (AvgIpc) is 2.69. The van der Waals surface area contributed by atoms with Crippen molar-refractivity contribution in [2.75, 3.05) is 5.32 Å². The summed E-state index contributed by atoms with van der Waals surface area (Å²) in [6.07, 6.45) is -3.72. The maximum atomic E-state index is 14.0. The van der Waals surface area contributed by atoms with Crippen LogP contribution in [0.5, 0.6) is 0 Å². The number of benzene rings is 2. The Kier molecular flexibility index (Phi) is 4.57. The minimum absolute atomic E-state index is 0.0861. The van der Waals surface area contributed by atoms with Crippen molar-refractivity contribution in [3.63, 3.8) is 0 Å². The fourth-order valence-corrected chi connectivity index (χ4v) is 2.86. The number of nitrogens with zero attached hydrogens (tertiary/aromatic N) is 3. The lowest BCUT2D eigenvalue weighted by Gasteiger charge is -2.15. The summed E-state index contributed by atoms with van der Waals surface area (Å²) < 4.78 is 68.6. The largest absolute Gasteiger partial charge is 0.417 e. The molecule has 0 fully saturated rings. The van der Waals surface area contributed by atoms with Crippen molar-refractivity contribution in [3.8, 4) is 11.3 Å². The van der Waals surface area contributed by atoms with E-state index in [1.165, 1.54) is 0 Å². The molecule has 29 heavy (non-hydrogen) atoms. The van der Waals surface area contributed by atoms with E-state index in [4.69, 9.17) is 0 Å². The molecule has 146 valence electrons. The zero-order chi connectivity index (χ0) is 20.6. The Hall–Kier alpha value is -3.62. The number of alkyl halides is 3. The molecule has 2 heterocycles. The van der Waals surface area contributed by atoms with Gasteiger partial charge in [-0.2, -0.15) is 13.2 Å². The van der Waals surface area contributed by atoms with Gasteiger partial charge in [0, 0.05) is 11.6 Å². The molecular formula is C20H11F5N4. The molecule has 4 nitrogen and oxygen atoms in total. The number of rotatable bonds is 3. The number of hydrogen-bond acceptors (Lipinski definition) is 4. The molecule has 0 aliphatic rings. The number of nitrogens with one attached hydrogen (secondary N) is 1. The third-order valence-electron chi connectivity index (χ3n) is 4.16. The maximum Gasteiger partial charge on any atom is 0.417 e. The Morgan fingerprint density at radius 2 is 1.62 bits per heavy atom. The lowest BCUT2D eigenvalue weighted by atomic mass is 10.1. The zero-order valence-corrected chi connectivity index (χ0v) is 14.5. The van der Waals surface area contributed by atoms with E-state index in [9.17, 15) is 22.0 Å². The molecular weight excluding hydrogens is 391 g/mol. The first-order valence-corrected chi connectivity index (χ1v) is 8.33. The molecule has 2 aromatic heterocycles. The number of anilines is 2. The molecule has 0 amide bonds. The zero-order valence-electron chi connectivity index (χ0n) is 14.5. The van der Waals surface area contributed by atoms with Gasteiger partial charge in [0.15, 0.2) is 5.65 Å². The van der Waals surface area contributed by atoms with Crippen LogP contribution in [0.15, 0.2) is 60.9 Å². The minimum atomic E-state index is -4.74. The monoisotopic (exact) mass is 402 g/mol. The second-order valence-corrected chi connectivity index (χ2v) is 6.09. The molecule has 2 aromatic carbocycles. The topological polar surface area (TPSA) is 50.7 Å². The van der Waals surface area contributed by atoms with E-state index in [1.54, 1.807) is 30.3 Å². The summed E-state index contributed by atoms with van der Waals surface area (Å²) in [6.45, 7) is 0. The lowest BCUT2D eigenvalue weighted by Crippen LogP contribution is -2.10. The Morgan fingerprint density at radius 1 is 0.862 bits per heavy atom. The summed E-state index contributed by atoms with van der Waals surface area (Å²) in [4.78, 5) is 11.9. The van der Waals surface area contributed by atoms with Gasteiger partial charge in [-0.25, -0.2) is 23.7 Å². The normalized spacial score (nSPS) is 11.6. The SMILES string of the molecule is Fc1ccc(Nc2ncnc3nc(-c4ccccc4)cc(C(F)(F)F)c23)c(F)c1. The van der Waals surface area contributed by atoms with Crippen LogP contribution in [-0.4, -0.2) is 15.0 Å². The Morgan fingerprint density at radius 3 is 2.31 bits per heavy atom. The van der Waals surface area contributed by atoms with Crippen LogP contribution in [0.2, 0.25) is 0 Å². The highest BCUT2D eigenvalue weighted by Gasteiger charge is 2.35. The van der Waals surface area contributed by atoms with Crippen LogP contribution in [0.25, 0.3) is 22.3 Å². The summed E-state index contributed by atoms with van der Waals surface area (Å²) >= 11 is 0. The van der Waals surface area contributed by atoms with Gasteiger partial charge in [-0.15, -0.1) is 0 Å². The molecule has 9 heteroatoms. The van der Waals surface area contributed by atoms with Crippen molar-refractivity contribution in [2.24, 2.45) is 0 Å². The van der Waals surface area contributed by atoms with E-state index in [1.807, 2.05) is 0 Å². The number of pyridine rings is 1. The van der Waals surface area contributed by atoms with Crippen LogP contribution in [-0.2, 0) is 6.18 Å². The Bertz CT molecular complexity index is 1190. The number of hydrogen-bond donors (Lipinski definition) is 1. The lowest BCUT2D eigenvalue weighted by molar-refractivity contribution is -0.136. The van der Waals surface area contributed by atoms with Crippen molar-refractivity contribution in [2.45, 2.75) is 6.18 Å². The van der Waals surface area contributed by atoms with Gasteiger partial charge in [0.25, 0.3) is 0 Å². The van der Waals surface area contributed by atoms with Gasteiger partial charge < -0.3 is 5.32 Å². The molecule has 0 aliphatic heterocycles. The fourth-order valence-electron chi connectivity index (χ4n) is 2.86. The van der Waals surface area contributed by atoms with E-state index in [2.05, 4.69) is 20.3 Å². The number of halogens is 5. The van der Waals surface area contributed by atoms with Gasteiger partial charge in [-0.05, 0) is 18.2 Å². The molecule has 0 saturated heterocycles. The van der Waals surface area contributed by atoms with Crippen LogP contribution in [0.4, 0.5) is 33.5 Å². The predicted molar refractivity (Wildman–Crippen MR) is 97.4 cm³/mol. The standard InChI is InChI=1S/C20H11F5N4/c21-12-6-7-15(14(22)8-12)28-18-17-13(20(23,24)25)9-16(11-4-2-1-3-5-11)29-19(17)27-10-26-18/h1-10H,(H,26,27,28,29). The van der Waals surface area contributed by atoms with Gasteiger partial charge in [0.2, 0.25) is 0 Å². The van der Waals surface area contributed by atoms with Gasteiger partial charge >= 0.3 is 6.18 Å². The first-order chi connectivity index (χ1) is 13.8. The Labute approximate surface area is 161 Å². The van der Waals surface area contributed by atoms with Gasteiger partial charge in [-0.3, -0.25) is 0 Å². The van der Waals surface area contributed by atoms with E-state index < -0.39 is 28.8 Å². The molecule has 0 radical (unpaired) electrons. The van der Waals surface area contributed by atoms with Crippen LogP contribution < -0.4 is 5.32 Å². The van der Waals surface area contributed by atoms with Crippen molar-refractivity contribution < 1.29 is 22.0 Å². The Balaban J connectivity index is 1.93. The van der Waals surface area contributed by atoms with Crippen LogP contribution in [0.1, 0.15) is 5.56 Å². The highest BCUT2D eigenvalue weighted by Crippen LogP contribution is 2.39. The molecule has 0 bridgehead atoms. The van der Waals surface area contributed by atoms with Crippen molar-refractivity contribution >= 4 is 22.5 Å². The van der Waals surface area contributed by atoms with Crippen molar-refractivity contribution in [1.29, 1.82) is 0 Å². The molecule has 4 aromatic rings. The quantitative estimate of drug-likeness (QED) is 0.445. The first-order valence-electron chi connectivity index (χ1n) is 8.33. The molecule has 0 saturated carbocycles. The first kappa shape index (κ1) is 18.7. The molecule has 0 unspecified atom stereocenters. The molecule has 4 rings (SSSR count). The summed E-state index contributed by atoms with van der Waals surface area (Å²) in [7, 11) is 0. The van der Waals surface area contributed by atoms with E-state index in [0.717, 1.165) is 24.5 Å². The second kappa shape index (κ2) is 7.08. The minimum Gasteiger partial charge on any atom is -0.337 e. The third kappa shape index (κ3) is 3.71. The average molecular weight is 402 g/mol. The van der Waals surface area contributed by atoms with Crippen molar-refractivity contribution in [3.05, 3.63) is 78.1 Å². The molecule has 1 N–H and O–H groups in total. The van der Waals surface area contributed by atoms with Gasteiger partial charge in [-0.1, -0.05) is 30.3 Å². The summed E-state index contributed by atoms with van der Waals surface area (Å²) in [5.41, 5.74) is -0.891. The van der Waals surface area contributed by atoms with E-state index >= 15 is 0 Å².